The Morgan fingerprint density at radius 2 is 2.17 bits per heavy atom. The van der Waals surface area contributed by atoms with Crippen LogP contribution < -0.4 is 5.46 Å². The van der Waals surface area contributed by atoms with Crippen LogP contribution in [0.25, 0.3) is 0 Å². The van der Waals surface area contributed by atoms with E-state index in [1.165, 1.54) is 0 Å². The Balaban J connectivity index is 2.58. The molecule has 0 fully saturated rings. The standard InChI is InChI=1S/C8H8BNO2/c1-6-7-4-2-3-5-8(7)9(11)12-10-6/h2-5,11H,1H3. The Bertz CT molecular complexity index is 338. The fourth-order valence-electron chi connectivity index (χ4n) is 1.28. The lowest BCUT2D eigenvalue weighted by Crippen LogP contribution is -2.39. The van der Waals surface area contributed by atoms with E-state index in [1.807, 2.05) is 31.2 Å². The van der Waals surface area contributed by atoms with Gasteiger partial charge in [-0.15, -0.1) is 5.16 Å². The summed E-state index contributed by atoms with van der Waals surface area (Å²) in [5, 5.41) is 13.1. The molecule has 0 saturated heterocycles. The minimum atomic E-state index is -0.912. The van der Waals surface area contributed by atoms with Crippen LogP contribution in [0, 0.1) is 0 Å². The van der Waals surface area contributed by atoms with Crippen molar-refractivity contribution in [2.24, 2.45) is 5.16 Å². The average Bonchev–Trinajstić information content (AvgIpc) is 2.12. The summed E-state index contributed by atoms with van der Waals surface area (Å²) in [6.07, 6.45) is 0. The molecule has 1 aliphatic heterocycles. The first-order chi connectivity index (χ1) is 5.79. The molecule has 0 spiro atoms. The van der Waals surface area contributed by atoms with Gasteiger partial charge in [0, 0.05) is 11.0 Å². The summed E-state index contributed by atoms with van der Waals surface area (Å²) in [5.74, 6) is 0. The third-order valence-electron chi connectivity index (χ3n) is 1.91. The van der Waals surface area contributed by atoms with Gasteiger partial charge in [-0.25, -0.2) is 0 Å². The second-order valence-electron chi connectivity index (χ2n) is 2.72. The van der Waals surface area contributed by atoms with E-state index in [0.717, 1.165) is 16.7 Å². The summed E-state index contributed by atoms with van der Waals surface area (Å²) in [5.41, 5.74) is 2.54. The van der Waals surface area contributed by atoms with E-state index < -0.39 is 7.12 Å². The summed E-state index contributed by atoms with van der Waals surface area (Å²) in [7, 11) is -0.912. The van der Waals surface area contributed by atoms with Crippen LogP contribution in [-0.4, -0.2) is 17.9 Å². The molecule has 2 rings (SSSR count). The van der Waals surface area contributed by atoms with E-state index >= 15 is 0 Å². The Morgan fingerprint density at radius 1 is 1.42 bits per heavy atom. The zero-order valence-electron chi connectivity index (χ0n) is 6.69. The SMILES string of the molecule is CC1=NOB(O)c2ccccc21. The molecule has 0 aliphatic carbocycles. The zero-order valence-corrected chi connectivity index (χ0v) is 6.69. The van der Waals surface area contributed by atoms with Crippen molar-refractivity contribution in [2.75, 3.05) is 0 Å². The quantitative estimate of drug-likeness (QED) is 0.549. The average molecular weight is 161 g/mol. The third-order valence-corrected chi connectivity index (χ3v) is 1.91. The monoisotopic (exact) mass is 161 g/mol. The molecular formula is C8H8BNO2. The molecule has 0 atom stereocenters. The van der Waals surface area contributed by atoms with Crippen LogP contribution in [0.3, 0.4) is 0 Å². The van der Waals surface area contributed by atoms with Crippen LogP contribution in [0.5, 0.6) is 0 Å². The molecule has 4 heteroatoms. The van der Waals surface area contributed by atoms with E-state index in [1.54, 1.807) is 0 Å². The van der Waals surface area contributed by atoms with E-state index in [0.29, 0.717) is 0 Å². The van der Waals surface area contributed by atoms with E-state index in [9.17, 15) is 5.02 Å². The number of fused-ring (bicyclic) bond motifs is 1. The van der Waals surface area contributed by atoms with Gasteiger partial charge >= 0.3 is 7.12 Å². The predicted octanol–water partition coefficient (Wildman–Crippen LogP) is 0.128. The molecule has 1 aromatic rings. The Kier molecular flexibility index (Phi) is 1.62. The van der Waals surface area contributed by atoms with Crippen molar-refractivity contribution >= 4 is 18.3 Å². The molecule has 1 N–H and O–H groups in total. The molecule has 0 bridgehead atoms. The van der Waals surface area contributed by atoms with Crippen molar-refractivity contribution in [3.63, 3.8) is 0 Å². The molecule has 0 radical (unpaired) electrons. The van der Waals surface area contributed by atoms with Gasteiger partial charge in [-0.3, -0.25) is 0 Å². The number of oxime groups is 1. The molecule has 0 amide bonds. The summed E-state index contributed by atoms with van der Waals surface area (Å²) in [4.78, 5) is 0. The van der Waals surface area contributed by atoms with Crippen LogP contribution in [-0.2, 0) is 4.76 Å². The maximum absolute atomic E-state index is 9.35. The smallest absolute Gasteiger partial charge is 0.427 e. The molecule has 1 heterocycles. The van der Waals surface area contributed by atoms with Crippen molar-refractivity contribution in [3.05, 3.63) is 29.8 Å². The first-order valence-electron chi connectivity index (χ1n) is 3.77. The summed E-state index contributed by atoms with van der Waals surface area (Å²) >= 11 is 0. The van der Waals surface area contributed by atoms with Gasteiger partial charge in [-0.1, -0.05) is 24.3 Å². The number of rotatable bonds is 0. The van der Waals surface area contributed by atoms with Gasteiger partial charge in [0.2, 0.25) is 0 Å². The summed E-state index contributed by atoms with van der Waals surface area (Å²) in [6.45, 7) is 1.85. The molecule has 0 unspecified atom stereocenters. The van der Waals surface area contributed by atoms with E-state index in [4.69, 9.17) is 4.76 Å². The van der Waals surface area contributed by atoms with Crippen molar-refractivity contribution in [1.29, 1.82) is 0 Å². The molecule has 3 nitrogen and oxygen atoms in total. The Labute approximate surface area is 70.8 Å². The zero-order chi connectivity index (χ0) is 8.55. The second kappa shape index (κ2) is 2.64. The first-order valence-corrected chi connectivity index (χ1v) is 3.77. The van der Waals surface area contributed by atoms with Crippen molar-refractivity contribution in [3.8, 4) is 0 Å². The van der Waals surface area contributed by atoms with E-state index in [2.05, 4.69) is 5.16 Å². The van der Waals surface area contributed by atoms with Crippen molar-refractivity contribution in [2.45, 2.75) is 6.92 Å². The lowest BCUT2D eigenvalue weighted by Gasteiger charge is -2.15. The highest BCUT2D eigenvalue weighted by Crippen LogP contribution is 2.06. The fraction of sp³-hybridized carbons (Fsp3) is 0.125. The fourth-order valence-corrected chi connectivity index (χ4v) is 1.28. The summed E-state index contributed by atoms with van der Waals surface area (Å²) in [6, 6.07) is 7.53. The number of hydrogen-bond acceptors (Lipinski definition) is 3. The lowest BCUT2D eigenvalue weighted by molar-refractivity contribution is 0.284. The Hall–Kier alpha value is -1.29. The van der Waals surface area contributed by atoms with Gasteiger partial charge in [0.25, 0.3) is 0 Å². The largest absolute Gasteiger partial charge is 0.583 e. The minimum Gasteiger partial charge on any atom is -0.427 e. The highest BCUT2D eigenvalue weighted by Gasteiger charge is 2.26. The number of nitrogens with zero attached hydrogens (tertiary/aromatic N) is 1. The maximum Gasteiger partial charge on any atom is 0.583 e. The molecule has 0 saturated carbocycles. The molecular weight excluding hydrogens is 153 g/mol. The van der Waals surface area contributed by atoms with Gasteiger partial charge in [-0.2, -0.15) is 0 Å². The van der Waals surface area contributed by atoms with E-state index in [-0.39, 0.29) is 0 Å². The van der Waals surface area contributed by atoms with Crippen molar-refractivity contribution in [1.82, 2.24) is 0 Å². The normalized spacial score (nSPS) is 14.8. The predicted molar refractivity (Wildman–Crippen MR) is 47.3 cm³/mol. The maximum atomic E-state index is 9.35. The number of benzene rings is 1. The molecule has 1 aromatic carbocycles. The van der Waals surface area contributed by atoms with Gasteiger partial charge in [0.15, 0.2) is 0 Å². The molecule has 1 aliphatic rings. The second-order valence-corrected chi connectivity index (χ2v) is 2.72. The molecule has 12 heavy (non-hydrogen) atoms. The highest BCUT2D eigenvalue weighted by atomic mass is 16.6. The van der Waals surface area contributed by atoms with Crippen LogP contribution >= 0.6 is 0 Å². The molecule has 0 aromatic heterocycles. The highest BCUT2D eigenvalue weighted by molar-refractivity contribution is 6.62. The van der Waals surface area contributed by atoms with Crippen LogP contribution in [0.2, 0.25) is 0 Å². The third kappa shape index (κ3) is 1.01. The van der Waals surface area contributed by atoms with Crippen LogP contribution in [0.15, 0.2) is 29.4 Å². The Morgan fingerprint density at radius 3 is 2.92 bits per heavy atom. The first kappa shape index (κ1) is 7.37. The van der Waals surface area contributed by atoms with Crippen molar-refractivity contribution < 1.29 is 9.78 Å². The lowest BCUT2D eigenvalue weighted by atomic mass is 9.75. The van der Waals surface area contributed by atoms with Gasteiger partial charge in [0.1, 0.15) is 0 Å². The summed E-state index contributed by atoms with van der Waals surface area (Å²) < 4.78 is 4.76. The van der Waals surface area contributed by atoms with Crippen LogP contribution in [0.1, 0.15) is 12.5 Å². The molecule has 60 valence electrons. The van der Waals surface area contributed by atoms with Gasteiger partial charge in [0.05, 0.1) is 5.71 Å². The minimum absolute atomic E-state index is 0.782. The topological polar surface area (TPSA) is 41.8 Å². The van der Waals surface area contributed by atoms with Gasteiger partial charge < -0.3 is 9.78 Å². The van der Waals surface area contributed by atoms with Gasteiger partial charge in [-0.05, 0) is 6.92 Å². The van der Waals surface area contributed by atoms with Crippen LogP contribution in [0.4, 0.5) is 0 Å². The number of hydrogen-bond donors (Lipinski definition) is 1.